The number of guanidine groups is 1. The van der Waals surface area contributed by atoms with E-state index >= 15 is 0 Å². The molecule has 0 aliphatic rings. The minimum absolute atomic E-state index is 0.0737. The number of hydrogen-bond acceptors (Lipinski definition) is 15. The second kappa shape index (κ2) is 26.5. The number of carbonyl (C=O) groups is 9. The molecular weight excluding hydrogens is 840 g/mol. The highest BCUT2D eigenvalue weighted by Gasteiger charge is 2.31. The summed E-state index contributed by atoms with van der Waals surface area (Å²) in [7, 11) is 0. The molecule has 28 heteroatoms. The van der Waals surface area contributed by atoms with Crippen LogP contribution in [0.5, 0.6) is 0 Å². The number of amides is 8. The summed E-state index contributed by atoms with van der Waals surface area (Å²) in [6.07, 6.45) is -0.955. The largest absolute Gasteiger partial charge is 0.480 e. The summed E-state index contributed by atoms with van der Waals surface area (Å²) in [6.45, 7) is 3.17. The van der Waals surface area contributed by atoms with Crippen LogP contribution in [0.15, 0.2) is 23.2 Å². The van der Waals surface area contributed by atoms with Crippen molar-refractivity contribution < 1.29 is 58.1 Å². The number of non-ortho nitro benzene ring substituents is 1. The first-order valence-electron chi connectivity index (χ1n) is 19.3. The van der Waals surface area contributed by atoms with Crippen LogP contribution in [0.4, 0.5) is 17.1 Å². The topological polar surface area (TPSA) is 461 Å². The van der Waals surface area contributed by atoms with Gasteiger partial charge in [0.2, 0.25) is 47.3 Å². The Morgan fingerprint density at radius 3 is 1.81 bits per heavy atom. The molecule has 0 spiro atoms. The van der Waals surface area contributed by atoms with Crippen molar-refractivity contribution >= 4 is 76.2 Å². The maximum absolute atomic E-state index is 13.3. The van der Waals surface area contributed by atoms with E-state index in [0.29, 0.717) is 12.5 Å². The monoisotopic (exact) mass is 894 g/mol. The number of primary amides is 2. The van der Waals surface area contributed by atoms with Crippen molar-refractivity contribution in [2.45, 2.75) is 95.9 Å². The van der Waals surface area contributed by atoms with Crippen LogP contribution in [0.25, 0.3) is 0 Å². The Morgan fingerprint density at radius 1 is 0.714 bits per heavy atom. The molecule has 1 aromatic rings. The molecule has 0 fully saturated rings. The number of aliphatic carboxylic acids is 1. The third-order valence-electron chi connectivity index (χ3n) is 9.02. The summed E-state index contributed by atoms with van der Waals surface area (Å²) in [6, 6.07) is -4.23. The summed E-state index contributed by atoms with van der Waals surface area (Å²) in [4.78, 5) is 137. The minimum atomic E-state index is -1.45. The van der Waals surface area contributed by atoms with E-state index in [1.807, 2.05) is 0 Å². The van der Waals surface area contributed by atoms with Crippen molar-refractivity contribution in [2.75, 3.05) is 25.0 Å². The fraction of sp³-hybridized carbons (Fsp3) is 0.543. The predicted octanol–water partition coefficient (Wildman–Crippen LogP) is -3.81. The van der Waals surface area contributed by atoms with Crippen LogP contribution in [-0.4, -0.2) is 124 Å². The van der Waals surface area contributed by atoms with Crippen molar-refractivity contribution in [3.05, 3.63) is 38.4 Å². The second-order valence-electron chi connectivity index (χ2n) is 14.0. The fourth-order valence-electron chi connectivity index (χ4n) is 5.39. The van der Waals surface area contributed by atoms with Crippen LogP contribution in [0.3, 0.4) is 0 Å². The Balaban J connectivity index is 2.94. The van der Waals surface area contributed by atoms with Gasteiger partial charge in [-0.25, -0.2) is 4.79 Å². The number of anilines is 1. The van der Waals surface area contributed by atoms with Gasteiger partial charge in [-0.15, -0.1) is 0 Å². The van der Waals surface area contributed by atoms with Crippen molar-refractivity contribution in [2.24, 2.45) is 33.8 Å². The average Bonchev–Trinajstić information content (AvgIpc) is 3.21. The Kier molecular flexibility index (Phi) is 22.4. The normalized spacial score (nSPS) is 13.4. The van der Waals surface area contributed by atoms with Crippen LogP contribution in [-0.2, 0) is 43.2 Å². The Labute approximate surface area is 359 Å². The number of carbonyl (C=O) groups excluding carboxylic acids is 8. The van der Waals surface area contributed by atoms with Gasteiger partial charge in [-0.1, -0.05) is 20.3 Å². The maximum atomic E-state index is 13.3. The lowest BCUT2D eigenvalue weighted by atomic mass is 9.98. The van der Waals surface area contributed by atoms with E-state index in [0.717, 1.165) is 12.1 Å². The third kappa shape index (κ3) is 20.0. The number of hydrogen-bond donors (Lipinski definition) is 12. The van der Waals surface area contributed by atoms with E-state index in [1.54, 1.807) is 13.8 Å². The third-order valence-corrected chi connectivity index (χ3v) is 9.02. The first-order chi connectivity index (χ1) is 29.5. The average molecular weight is 895 g/mol. The van der Waals surface area contributed by atoms with Gasteiger partial charge in [0.25, 0.3) is 11.4 Å². The molecule has 0 heterocycles. The van der Waals surface area contributed by atoms with E-state index < -0.39 is 124 Å². The van der Waals surface area contributed by atoms with Crippen molar-refractivity contribution in [3.63, 3.8) is 0 Å². The van der Waals surface area contributed by atoms with Gasteiger partial charge < -0.3 is 65.3 Å². The zero-order chi connectivity index (χ0) is 48.0. The number of carboxylic acid groups (broad SMARTS) is 1. The standard InChI is InChI=1S/C35H54N14O14/c1-4-17(2)29(47-28(53)16-42-31(55)21(9-11-25(36)50)44-20-8-7-19(48(60)61)14-24(20)49(62)63)33(57)43-18(3)30(54)41-15-27(52)45-22(10-12-26(37)51)32(56)46-23(34(58)59)6-5-13-40-35(38)39/h7-8,14,17-18,21-23,29,44H,4-6,9-13,15-16H2,1-3H3,(H2,36,50)(H2,37,51)(H,41,54)(H,42,55)(H,43,57)(H,45,52)(H,46,56)(H,47,53)(H,58,59)(H4,38,39,40)/t17?,18-,21-,22-,23+,29-/m0/s1. The molecule has 0 bridgehead atoms. The lowest BCUT2D eigenvalue weighted by Gasteiger charge is -2.25. The van der Waals surface area contributed by atoms with Crippen LogP contribution in [0, 0.1) is 26.1 Å². The van der Waals surface area contributed by atoms with Gasteiger partial charge in [0.05, 0.1) is 29.0 Å². The molecule has 16 N–H and O–H groups in total. The first kappa shape index (κ1) is 53.3. The predicted molar refractivity (Wildman–Crippen MR) is 220 cm³/mol. The highest BCUT2D eigenvalue weighted by atomic mass is 16.6. The molecule has 6 atom stereocenters. The van der Waals surface area contributed by atoms with Gasteiger partial charge in [-0.05, 0) is 44.6 Å². The molecule has 0 saturated heterocycles. The van der Waals surface area contributed by atoms with Crippen molar-refractivity contribution in [3.8, 4) is 0 Å². The van der Waals surface area contributed by atoms with E-state index in [4.69, 9.17) is 22.9 Å². The number of nitro groups is 2. The summed E-state index contributed by atoms with van der Waals surface area (Å²) >= 11 is 0. The second-order valence-corrected chi connectivity index (χ2v) is 14.0. The summed E-state index contributed by atoms with van der Waals surface area (Å²) in [5, 5.41) is 48.8. The molecule has 348 valence electrons. The lowest BCUT2D eigenvalue weighted by Crippen LogP contribution is -2.57. The van der Waals surface area contributed by atoms with Gasteiger partial charge in [-0.2, -0.15) is 0 Å². The molecule has 0 aliphatic carbocycles. The number of nitro benzene ring substituents is 2. The Bertz CT molecular complexity index is 1910. The van der Waals surface area contributed by atoms with Crippen molar-refractivity contribution in [1.82, 2.24) is 31.9 Å². The Hall–Kier alpha value is -7.68. The molecule has 63 heavy (non-hydrogen) atoms. The number of rotatable bonds is 29. The highest BCUT2D eigenvalue weighted by molar-refractivity contribution is 5.96. The van der Waals surface area contributed by atoms with Crippen LogP contribution >= 0.6 is 0 Å². The van der Waals surface area contributed by atoms with Gasteiger partial charge in [0, 0.05) is 25.5 Å². The number of aliphatic imine (C=N–C) groups is 1. The first-order valence-corrected chi connectivity index (χ1v) is 19.3. The Morgan fingerprint density at radius 2 is 1.29 bits per heavy atom. The number of carboxylic acids is 1. The SMILES string of the molecule is CCC(C)[C@H](NC(=O)CNC(=O)[C@H](CCC(N)=O)Nc1ccc([N+](=O)[O-])cc1[N+](=O)[O-])C(=O)N[C@@H](C)C(=O)NCC(=O)N[C@@H](CCC(N)=O)C(=O)N[C@H](CCCN=C(N)N)C(=O)O. The molecule has 1 rings (SSSR count). The summed E-state index contributed by atoms with van der Waals surface area (Å²) in [5.74, 6) is -9.23. The van der Waals surface area contributed by atoms with Crippen LogP contribution in [0.2, 0.25) is 0 Å². The number of nitrogens with zero attached hydrogens (tertiary/aromatic N) is 3. The summed E-state index contributed by atoms with van der Waals surface area (Å²) < 4.78 is 0. The molecular formula is C35H54N14O14. The molecule has 0 aromatic heterocycles. The van der Waals surface area contributed by atoms with Crippen LogP contribution in [0.1, 0.15) is 65.7 Å². The molecule has 0 aliphatic heterocycles. The van der Waals surface area contributed by atoms with E-state index in [9.17, 15) is 68.5 Å². The van der Waals surface area contributed by atoms with Crippen LogP contribution < -0.4 is 60.2 Å². The quantitative estimate of drug-likeness (QED) is 0.0121. The molecule has 8 amide bonds. The fourth-order valence-corrected chi connectivity index (χ4v) is 5.39. The molecule has 1 aromatic carbocycles. The minimum Gasteiger partial charge on any atom is -0.480 e. The maximum Gasteiger partial charge on any atom is 0.326 e. The number of benzene rings is 1. The van der Waals surface area contributed by atoms with Gasteiger partial charge in [0.15, 0.2) is 5.96 Å². The molecule has 1 unspecified atom stereocenters. The molecule has 28 nitrogen and oxygen atoms in total. The highest BCUT2D eigenvalue weighted by Crippen LogP contribution is 2.30. The van der Waals surface area contributed by atoms with Gasteiger partial charge in [-0.3, -0.25) is 63.6 Å². The lowest BCUT2D eigenvalue weighted by molar-refractivity contribution is -0.393. The number of nitrogens with two attached hydrogens (primary N) is 4. The zero-order valence-corrected chi connectivity index (χ0v) is 34.7. The number of nitrogens with one attached hydrogen (secondary N) is 7. The summed E-state index contributed by atoms with van der Waals surface area (Å²) in [5.41, 5.74) is 19.2. The molecule has 0 saturated carbocycles. The van der Waals surface area contributed by atoms with E-state index in [1.165, 1.54) is 6.92 Å². The zero-order valence-electron chi connectivity index (χ0n) is 34.7. The van der Waals surface area contributed by atoms with E-state index in [-0.39, 0.29) is 56.7 Å². The van der Waals surface area contributed by atoms with Gasteiger partial charge in [0.1, 0.15) is 35.9 Å². The molecule has 0 radical (unpaired) electrons. The van der Waals surface area contributed by atoms with Crippen molar-refractivity contribution in [1.29, 1.82) is 0 Å². The van der Waals surface area contributed by atoms with Gasteiger partial charge >= 0.3 is 5.97 Å². The van der Waals surface area contributed by atoms with E-state index in [2.05, 4.69) is 42.2 Å². The smallest absolute Gasteiger partial charge is 0.326 e.